The van der Waals surface area contributed by atoms with Gasteiger partial charge in [0.2, 0.25) is 5.91 Å². The van der Waals surface area contributed by atoms with Gasteiger partial charge in [0.1, 0.15) is 23.4 Å². The van der Waals surface area contributed by atoms with E-state index in [1.165, 1.54) is 36.4 Å². The van der Waals surface area contributed by atoms with Crippen LogP contribution in [0, 0.1) is 11.3 Å². The average Bonchev–Trinajstić information content (AvgIpc) is 3.27. The van der Waals surface area contributed by atoms with Crippen LogP contribution >= 0.6 is 0 Å². The number of anilines is 3. The van der Waals surface area contributed by atoms with Crippen LogP contribution in [0.25, 0.3) is 0 Å². The molecule has 0 atom stereocenters. The number of carbonyl (C=O) groups is 3. The number of aldehydes is 1. The number of urea groups is 1. The van der Waals surface area contributed by atoms with Crippen molar-refractivity contribution in [1.29, 1.82) is 5.26 Å². The number of hydrogen-bond donors (Lipinski definition) is 2. The fourth-order valence-corrected chi connectivity index (χ4v) is 4.48. The van der Waals surface area contributed by atoms with Crippen LogP contribution in [0.1, 0.15) is 65.7 Å². The lowest BCUT2D eigenvalue weighted by atomic mass is 9.96. The third-order valence-electron chi connectivity index (χ3n) is 6.84. The van der Waals surface area contributed by atoms with E-state index in [1.54, 1.807) is 12.0 Å². The number of methoxy groups -OCH3 is 1. The minimum atomic E-state index is -0.454. The summed E-state index contributed by atoms with van der Waals surface area (Å²) < 4.78 is 4.99. The van der Waals surface area contributed by atoms with Gasteiger partial charge in [0, 0.05) is 51.0 Å². The smallest absolute Gasteiger partial charge is 0.328 e. The second-order valence-corrected chi connectivity index (χ2v) is 9.29. The van der Waals surface area contributed by atoms with Gasteiger partial charge in [0.05, 0.1) is 17.4 Å². The van der Waals surface area contributed by atoms with Crippen molar-refractivity contribution in [2.24, 2.45) is 0 Å². The number of nitriles is 1. The molecule has 1 saturated heterocycles. The van der Waals surface area contributed by atoms with Crippen molar-refractivity contribution in [3.05, 3.63) is 40.7 Å². The molecule has 3 aliphatic rings. The topological polar surface area (TPSA) is 155 Å². The van der Waals surface area contributed by atoms with Crippen molar-refractivity contribution in [1.82, 2.24) is 14.9 Å². The Morgan fingerprint density at radius 2 is 2.05 bits per heavy atom. The fourth-order valence-electron chi connectivity index (χ4n) is 4.48. The van der Waals surface area contributed by atoms with E-state index in [0.717, 1.165) is 18.4 Å². The minimum absolute atomic E-state index is 0.0739. The van der Waals surface area contributed by atoms with Gasteiger partial charge in [0.25, 0.3) is 0 Å². The number of likely N-dealkylation sites (tertiary alicyclic amines) is 1. The zero-order valence-electron chi connectivity index (χ0n) is 20.9. The summed E-state index contributed by atoms with van der Waals surface area (Å²) in [4.78, 5) is 48.2. The summed E-state index contributed by atoms with van der Waals surface area (Å²) in [5, 5.41) is 11.6. The monoisotopic (exact) mass is 505 g/mol. The molecule has 1 aliphatic carbocycles. The van der Waals surface area contributed by atoms with Crippen LogP contribution in [0.3, 0.4) is 0 Å². The molecule has 5 rings (SSSR count). The highest BCUT2D eigenvalue weighted by Crippen LogP contribution is 2.29. The minimum Gasteiger partial charge on any atom is -0.398 e. The Morgan fingerprint density at radius 1 is 1.27 bits per heavy atom. The highest BCUT2D eigenvalue weighted by Gasteiger charge is 2.28. The quantitative estimate of drug-likeness (QED) is 0.588. The van der Waals surface area contributed by atoms with E-state index >= 15 is 0 Å². The van der Waals surface area contributed by atoms with Gasteiger partial charge in [-0.3, -0.25) is 19.8 Å². The number of aromatic nitrogens is 2. The van der Waals surface area contributed by atoms with E-state index < -0.39 is 6.03 Å². The zero-order valence-corrected chi connectivity index (χ0v) is 20.9. The maximum absolute atomic E-state index is 12.9. The number of nitrogen functional groups attached to an aromatic ring is 1. The van der Waals surface area contributed by atoms with E-state index in [9.17, 15) is 14.4 Å². The number of nitrogens with two attached hydrogens (primary N) is 1. The van der Waals surface area contributed by atoms with Crippen molar-refractivity contribution >= 4 is 35.5 Å². The molecular weight excluding hydrogens is 474 g/mol. The van der Waals surface area contributed by atoms with Gasteiger partial charge in [-0.25, -0.2) is 14.8 Å². The third kappa shape index (κ3) is 6.03. The Hall–Kier alpha value is -4.04. The number of pyridine rings is 2. The SMILES string of the molecule is COC1CCC1.N#Cc1cnc(NC(=O)N2CCCc3cc(CN4CCCC4=O)c(C=O)nc32)cc1N. The van der Waals surface area contributed by atoms with E-state index in [1.807, 2.05) is 12.1 Å². The van der Waals surface area contributed by atoms with E-state index in [-0.39, 0.29) is 28.7 Å². The second kappa shape index (κ2) is 11.8. The summed E-state index contributed by atoms with van der Waals surface area (Å²) in [6.45, 7) is 1.44. The van der Waals surface area contributed by atoms with Crippen molar-refractivity contribution in [3.63, 3.8) is 0 Å². The van der Waals surface area contributed by atoms with Crippen LogP contribution in [-0.4, -0.2) is 59.4 Å². The predicted octanol–water partition coefficient (Wildman–Crippen LogP) is 3.04. The summed E-state index contributed by atoms with van der Waals surface area (Å²) in [5.74, 6) is 0.710. The first kappa shape index (κ1) is 26.0. The average molecular weight is 506 g/mol. The third-order valence-corrected chi connectivity index (χ3v) is 6.84. The molecule has 4 heterocycles. The summed E-state index contributed by atoms with van der Waals surface area (Å²) >= 11 is 0. The van der Waals surface area contributed by atoms with Crippen LogP contribution in [0.4, 0.5) is 22.1 Å². The largest absolute Gasteiger partial charge is 0.398 e. The molecule has 2 aromatic rings. The van der Waals surface area contributed by atoms with Crippen molar-refractivity contribution in [2.75, 3.05) is 36.1 Å². The lowest BCUT2D eigenvalue weighted by Crippen LogP contribution is -2.40. The highest BCUT2D eigenvalue weighted by atomic mass is 16.5. The molecule has 2 aliphatic heterocycles. The first-order chi connectivity index (χ1) is 17.9. The van der Waals surface area contributed by atoms with Crippen LogP contribution in [0.15, 0.2) is 18.3 Å². The van der Waals surface area contributed by atoms with Crippen LogP contribution in [0.5, 0.6) is 0 Å². The number of nitrogens with one attached hydrogen (secondary N) is 1. The molecule has 1 saturated carbocycles. The lowest BCUT2D eigenvalue weighted by molar-refractivity contribution is -0.128. The standard InChI is InChI=1S/C21H21N7O3.C5H10O/c22-9-15-10-24-18(8-16(15)23)26-21(31)28-6-1-3-13-7-14(17(12-29)25-20(13)28)11-27-5-2-4-19(27)30;1-6-5-3-2-4-5/h7-8,10,12H,1-6,11H2,(H3,23,24,26,31);5H,2-4H2,1H3. The molecule has 11 heteroatoms. The summed E-state index contributed by atoms with van der Waals surface area (Å²) in [6, 6.07) is 4.75. The van der Waals surface area contributed by atoms with Gasteiger partial charge in [-0.2, -0.15) is 5.26 Å². The number of amides is 3. The first-order valence-electron chi connectivity index (χ1n) is 12.5. The molecule has 2 fully saturated rings. The molecule has 0 spiro atoms. The summed E-state index contributed by atoms with van der Waals surface area (Å²) in [5.41, 5.74) is 7.99. The maximum Gasteiger partial charge on any atom is 0.328 e. The van der Waals surface area contributed by atoms with Crippen LogP contribution < -0.4 is 16.0 Å². The Kier molecular flexibility index (Phi) is 8.30. The van der Waals surface area contributed by atoms with E-state index in [2.05, 4.69) is 15.3 Å². The molecule has 37 heavy (non-hydrogen) atoms. The number of hydrogen-bond acceptors (Lipinski definition) is 8. The van der Waals surface area contributed by atoms with Gasteiger partial charge in [0.15, 0.2) is 6.29 Å². The van der Waals surface area contributed by atoms with Gasteiger partial charge in [-0.05, 0) is 50.2 Å². The summed E-state index contributed by atoms with van der Waals surface area (Å²) in [6.07, 6.45) is 9.30. The Balaban J connectivity index is 0.000000469. The van der Waals surface area contributed by atoms with Gasteiger partial charge >= 0.3 is 6.03 Å². The van der Waals surface area contributed by atoms with Gasteiger partial charge in [-0.1, -0.05) is 0 Å². The van der Waals surface area contributed by atoms with E-state index in [4.69, 9.17) is 15.7 Å². The molecule has 0 aromatic carbocycles. The lowest BCUT2D eigenvalue weighted by Gasteiger charge is -2.29. The fraction of sp³-hybridized carbons (Fsp3) is 0.462. The summed E-state index contributed by atoms with van der Waals surface area (Å²) in [7, 11) is 1.78. The molecule has 0 unspecified atom stereocenters. The predicted molar refractivity (Wildman–Crippen MR) is 137 cm³/mol. The normalized spacial score (nSPS) is 16.7. The van der Waals surface area contributed by atoms with Crippen molar-refractivity contribution in [3.8, 4) is 6.07 Å². The molecule has 0 bridgehead atoms. The molecule has 2 aromatic heterocycles. The van der Waals surface area contributed by atoms with Crippen LogP contribution in [0.2, 0.25) is 0 Å². The molecule has 194 valence electrons. The number of nitrogens with zero attached hydrogens (tertiary/aromatic N) is 5. The van der Waals surface area contributed by atoms with Gasteiger partial charge in [-0.15, -0.1) is 0 Å². The molecule has 0 radical (unpaired) electrons. The number of rotatable bonds is 5. The Morgan fingerprint density at radius 3 is 2.62 bits per heavy atom. The Bertz CT molecular complexity index is 1220. The maximum atomic E-state index is 12.9. The molecular formula is C26H31N7O4. The number of aryl methyl sites for hydroxylation is 1. The van der Waals surface area contributed by atoms with Gasteiger partial charge < -0.3 is 15.4 Å². The molecule has 11 nitrogen and oxygen atoms in total. The van der Waals surface area contributed by atoms with Crippen molar-refractivity contribution < 1.29 is 19.1 Å². The van der Waals surface area contributed by atoms with E-state index in [0.29, 0.717) is 56.2 Å². The Labute approximate surface area is 215 Å². The van der Waals surface area contributed by atoms with Crippen molar-refractivity contribution in [2.45, 2.75) is 57.6 Å². The highest BCUT2D eigenvalue weighted by molar-refractivity contribution is 6.01. The zero-order chi connectivity index (χ0) is 26.4. The second-order valence-electron chi connectivity index (χ2n) is 9.29. The van der Waals surface area contributed by atoms with Crippen LogP contribution in [-0.2, 0) is 22.5 Å². The number of fused-ring (bicyclic) bond motifs is 1. The first-order valence-corrected chi connectivity index (χ1v) is 12.5. The molecule has 3 amide bonds. The number of ether oxygens (including phenoxy) is 1. The molecule has 3 N–H and O–H groups in total. The number of carbonyl (C=O) groups excluding carboxylic acids is 3.